The third kappa shape index (κ3) is 4.89. The largest absolute Gasteiger partial charge is 0.399 e. The Morgan fingerprint density at radius 1 is 1.39 bits per heavy atom. The first-order valence-corrected chi connectivity index (χ1v) is 7.26. The van der Waals surface area contributed by atoms with Gasteiger partial charge in [-0.05, 0) is 32.0 Å². The SMILES string of the molecule is CC(C)(CNc1ccc(N)cc1F)NS(C)(=O)=O. The molecule has 0 saturated heterocycles. The molecular weight excluding hydrogens is 257 g/mol. The fraction of sp³-hybridized carbons (Fsp3) is 0.455. The quantitative estimate of drug-likeness (QED) is 0.704. The smallest absolute Gasteiger partial charge is 0.209 e. The van der Waals surface area contributed by atoms with Crippen LogP contribution in [0.3, 0.4) is 0 Å². The molecule has 7 heteroatoms. The molecule has 0 atom stereocenters. The Morgan fingerprint density at radius 2 is 2.00 bits per heavy atom. The summed E-state index contributed by atoms with van der Waals surface area (Å²) in [6, 6.07) is 4.29. The van der Waals surface area contributed by atoms with Gasteiger partial charge in [-0.25, -0.2) is 17.5 Å². The van der Waals surface area contributed by atoms with Gasteiger partial charge in [0.2, 0.25) is 10.0 Å². The van der Waals surface area contributed by atoms with Gasteiger partial charge in [-0.3, -0.25) is 0 Å². The van der Waals surface area contributed by atoms with Gasteiger partial charge in [0.1, 0.15) is 5.82 Å². The Kier molecular flexibility index (Phi) is 4.18. The minimum Gasteiger partial charge on any atom is -0.399 e. The van der Waals surface area contributed by atoms with Crippen molar-refractivity contribution in [1.82, 2.24) is 4.72 Å². The first-order valence-electron chi connectivity index (χ1n) is 5.37. The Hall–Kier alpha value is -1.34. The van der Waals surface area contributed by atoms with Crippen LogP contribution in [0.1, 0.15) is 13.8 Å². The molecule has 1 rings (SSSR count). The second kappa shape index (κ2) is 5.11. The number of sulfonamides is 1. The number of nitrogens with two attached hydrogens (primary N) is 1. The van der Waals surface area contributed by atoms with Gasteiger partial charge in [0.25, 0.3) is 0 Å². The first kappa shape index (κ1) is 14.7. The molecule has 0 bridgehead atoms. The molecule has 102 valence electrons. The van der Waals surface area contributed by atoms with Crippen molar-refractivity contribution in [2.24, 2.45) is 0 Å². The van der Waals surface area contributed by atoms with Crippen LogP contribution in [0.25, 0.3) is 0 Å². The lowest BCUT2D eigenvalue weighted by Crippen LogP contribution is -2.47. The van der Waals surface area contributed by atoms with Crippen LogP contribution in [-0.4, -0.2) is 26.8 Å². The molecule has 0 aliphatic rings. The number of hydrogen-bond acceptors (Lipinski definition) is 4. The van der Waals surface area contributed by atoms with Crippen molar-refractivity contribution in [3.63, 3.8) is 0 Å². The maximum Gasteiger partial charge on any atom is 0.209 e. The molecule has 0 radical (unpaired) electrons. The lowest BCUT2D eigenvalue weighted by Gasteiger charge is -2.26. The number of nitrogens with one attached hydrogen (secondary N) is 2. The average Bonchev–Trinajstić information content (AvgIpc) is 2.12. The van der Waals surface area contributed by atoms with Gasteiger partial charge in [-0.2, -0.15) is 0 Å². The van der Waals surface area contributed by atoms with Crippen LogP contribution in [0.4, 0.5) is 15.8 Å². The fourth-order valence-electron chi connectivity index (χ4n) is 1.53. The molecule has 0 aliphatic carbocycles. The van der Waals surface area contributed by atoms with E-state index in [2.05, 4.69) is 10.0 Å². The fourth-order valence-corrected chi connectivity index (χ4v) is 2.60. The summed E-state index contributed by atoms with van der Waals surface area (Å²) >= 11 is 0. The Labute approximate surface area is 107 Å². The summed E-state index contributed by atoms with van der Waals surface area (Å²) in [4.78, 5) is 0. The van der Waals surface area contributed by atoms with Crippen molar-refractivity contribution >= 4 is 21.4 Å². The molecule has 0 saturated carbocycles. The van der Waals surface area contributed by atoms with E-state index in [1.165, 1.54) is 12.1 Å². The standard InChI is InChI=1S/C11H18FN3O2S/c1-11(2,15-18(3,16)17)7-14-10-5-4-8(13)6-9(10)12/h4-6,14-15H,7,13H2,1-3H3. The van der Waals surface area contributed by atoms with Crippen LogP contribution >= 0.6 is 0 Å². The first-order chi connectivity index (χ1) is 8.09. The van der Waals surface area contributed by atoms with E-state index in [1.54, 1.807) is 19.9 Å². The minimum atomic E-state index is -3.31. The monoisotopic (exact) mass is 275 g/mol. The van der Waals surface area contributed by atoms with Crippen LogP contribution in [0.2, 0.25) is 0 Å². The van der Waals surface area contributed by atoms with Crippen molar-refractivity contribution in [2.45, 2.75) is 19.4 Å². The molecule has 0 aliphatic heterocycles. The van der Waals surface area contributed by atoms with Crippen molar-refractivity contribution in [2.75, 3.05) is 23.9 Å². The summed E-state index contributed by atoms with van der Waals surface area (Å²) in [6.45, 7) is 3.66. The second-order valence-corrected chi connectivity index (χ2v) is 6.60. The molecule has 1 aromatic rings. The van der Waals surface area contributed by atoms with Crippen LogP contribution < -0.4 is 15.8 Å². The summed E-state index contributed by atoms with van der Waals surface area (Å²) in [5, 5.41) is 2.85. The van der Waals surface area contributed by atoms with Gasteiger partial charge in [0.15, 0.2) is 0 Å². The molecule has 0 spiro atoms. The molecule has 0 aromatic heterocycles. The Bertz CT molecular complexity index is 529. The van der Waals surface area contributed by atoms with Gasteiger partial charge in [-0.15, -0.1) is 0 Å². The lowest BCUT2D eigenvalue weighted by atomic mass is 10.1. The zero-order chi connectivity index (χ0) is 14.0. The molecule has 0 heterocycles. The number of hydrogen-bond donors (Lipinski definition) is 3. The molecule has 18 heavy (non-hydrogen) atoms. The van der Waals surface area contributed by atoms with Crippen molar-refractivity contribution in [3.05, 3.63) is 24.0 Å². The lowest BCUT2D eigenvalue weighted by molar-refractivity contribution is 0.475. The Morgan fingerprint density at radius 3 is 2.50 bits per heavy atom. The van der Waals surface area contributed by atoms with Gasteiger partial charge >= 0.3 is 0 Å². The highest BCUT2D eigenvalue weighted by Gasteiger charge is 2.22. The molecule has 1 aromatic carbocycles. The van der Waals surface area contributed by atoms with Crippen molar-refractivity contribution in [3.8, 4) is 0 Å². The topological polar surface area (TPSA) is 84.2 Å². The van der Waals surface area contributed by atoms with Crippen LogP contribution in [-0.2, 0) is 10.0 Å². The number of benzene rings is 1. The third-order valence-corrected chi connectivity index (χ3v) is 3.10. The number of nitrogen functional groups attached to an aromatic ring is 1. The molecule has 4 N–H and O–H groups in total. The van der Waals surface area contributed by atoms with Gasteiger partial charge in [-0.1, -0.05) is 0 Å². The van der Waals surface area contributed by atoms with Crippen LogP contribution in [0.15, 0.2) is 18.2 Å². The number of halogens is 1. The van der Waals surface area contributed by atoms with E-state index in [-0.39, 0.29) is 12.2 Å². The average molecular weight is 275 g/mol. The van der Waals surface area contributed by atoms with Crippen molar-refractivity contribution < 1.29 is 12.8 Å². The summed E-state index contributed by atoms with van der Waals surface area (Å²) in [7, 11) is -3.31. The third-order valence-electron chi connectivity index (χ3n) is 2.18. The van der Waals surface area contributed by atoms with E-state index < -0.39 is 21.4 Å². The molecule has 0 unspecified atom stereocenters. The van der Waals surface area contributed by atoms with Crippen LogP contribution in [0.5, 0.6) is 0 Å². The van der Waals surface area contributed by atoms with E-state index in [9.17, 15) is 12.8 Å². The molecule has 0 fully saturated rings. The maximum absolute atomic E-state index is 13.5. The number of rotatable bonds is 5. The second-order valence-electron chi connectivity index (χ2n) is 4.85. The van der Waals surface area contributed by atoms with Gasteiger partial charge < -0.3 is 11.1 Å². The summed E-state index contributed by atoms with van der Waals surface area (Å²) in [5.74, 6) is -0.467. The highest BCUT2D eigenvalue weighted by Crippen LogP contribution is 2.17. The van der Waals surface area contributed by atoms with Gasteiger partial charge in [0, 0.05) is 17.8 Å². The molecular formula is C11H18FN3O2S. The zero-order valence-electron chi connectivity index (χ0n) is 10.6. The highest BCUT2D eigenvalue weighted by atomic mass is 32.2. The van der Waals surface area contributed by atoms with E-state index in [0.29, 0.717) is 5.69 Å². The Balaban J connectivity index is 2.70. The molecule has 0 amide bonds. The van der Waals surface area contributed by atoms with E-state index >= 15 is 0 Å². The van der Waals surface area contributed by atoms with E-state index in [4.69, 9.17) is 5.73 Å². The highest BCUT2D eigenvalue weighted by molar-refractivity contribution is 7.88. The van der Waals surface area contributed by atoms with Crippen molar-refractivity contribution in [1.29, 1.82) is 0 Å². The van der Waals surface area contributed by atoms with Gasteiger partial charge in [0.05, 0.1) is 11.9 Å². The summed E-state index contributed by atoms with van der Waals surface area (Å²) in [5.41, 5.74) is 5.34. The summed E-state index contributed by atoms with van der Waals surface area (Å²) in [6.07, 6.45) is 1.08. The normalized spacial score (nSPS) is 12.4. The predicted molar refractivity (Wildman–Crippen MR) is 71.4 cm³/mol. The number of anilines is 2. The zero-order valence-corrected chi connectivity index (χ0v) is 11.4. The maximum atomic E-state index is 13.5. The summed E-state index contributed by atoms with van der Waals surface area (Å²) < 4.78 is 38.2. The van der Waals surface area contributed by atoms with E-state index in [1.807, 2.05) is 0 Å². The predicted octanol–water partition coefficient (Wildman–Crippen LogP) is 1.15. The minimum absolute atomic E-state index is 0.251. The van der Waals surface area contributed by atoms with Crippen LogP contribution in [0, 0.1) is 5.82 Å². The van der Waals surface area contributed by atoms with E-state index in [0.717, 1.165) is 6.26 Å². The molecule has 5 nitrogen and oxygen atoms in total.